The van der Waals surface area contributed by atoms with Crippen LogP contribution in [0.25, 0.3) is 0 Å². The van der Waals surface area contributed by atoms with Gasteiger partial charge >= 0.3 is 11.9 Å². The van der Waals surface area contributed by atoms with Crippen molar-refractivity contribution in [2.45, 2.75) is 12.8 Å². The third-order valence-corrected chi connectivity index (χ3v) is 3.18. The van der Waals surface area contributed by atoms with E-state index in [4.69, 9.17) is 19.3 Å². The van der Waals surface area contributed by atoms with E-state index in [-0.39, 0.29) is 28.9 Å². The molecule has 20 heavy (non-hydrogen) atoms. The number of ether oxygens (including phenoxy) is 3. The standard InChI is InChI=1S/C14H16O6/c1-18-12-8-10(2-3-11(12)13(15)16)20-14(17)9-4-6-19-7-5-9/h2-3,8-9H,4-7H2,1H3,(H,15,16). The van der Waals surface area contributed by atoms with Gasteiger partial charge in [0.2, 0.25) is 0 Å². The van der Waals surface area contributed by atoms with E-state index in [1.54, 1.807) is 0 Å². The molecule has 1 aliphatic heterocycles. The van der Waals surface area contributed by atoms with Gasteiger partial charge in [0.15, 0.2) is 0 Å². The molecule has 0 unspecified atom stereocenters. The second kappa shape index (κ2) is 6.38. The number of methoxy groups -OCH3 is 1. The number of esters is 1. The van der Waals surface area contributed by atoms with Crippen LogP contribution in [0.15, 0.2) is 18.2 Å². The molecule has 108 valence electrons. The van der Waals surface area contributed by atoms with Crippen LogP contribution >= 0.6 is 0 Å². The van der Waals surface area contributed by atoms with Crippen LogP contribution in [0.2, 0.25) is 0 Å². The molecule has 0 radical (unpaired) electrons. The van der Waals surface area contributed by atoms with Crippen LogP contribution in [0.1, 0.15) is 23.2 Å². The van der Waals surface area contributed by atoms with Crippen LogP contribution in [0.3, 0.4) is 0 Å². The van der Waals surface area contributed by atoms with Gasteiger partial charge in [-0.25, -0.2) is 4.79 Å². The average molecular weight is 280 g/mol. The van der Waals surface area contributed by atoms with Gasteiger partial charge in [0, 0.05) is 19.3 Å². The maximum Gasteiger partial charge on any atom is 0.339 e. The summed E-state index contributed by atoms with van der Waals surface area (Å²) in [6.45, 7) is 1.11. The zero-order valence-corrected chi connectivity index (χ0v) is 11.1. The highest BCUT2D eigenvalue weighted by molar-refractivity contribution is 5.91. The summed E-state index contributed by atoms with van der Waals surface area (Å²) < 4.78 is 15.4. The number of carboxylic acid groups (broad SMARTS) is 1. The quantitative estimate of drug-likeness (QED) is 0.668. The normalized spacial score (nSPS) is 15.7. The van der Waals surface area contributed by atoms with Gasteiger partial charge in [0.25, 0.3) is 0 Å². The minimum Gasteiger partial charge on any atom is -0.496 e. The lowest BCUT2D eigenvalue weighted by molar-refractivity contribution is -0.142. The Morgan fingerprint density at radius 3 is 2.60 bits per heavy atom. The monoisotopic (exact) mass is 280 g/mol. The summed E-state index contributed by atoms with van der Waals surface area (Å²) >= 11 is 0. The van der Waals surface area contributed by atoms with Crippen LogP contribution in [0.4, 0.5) is 0 Å². The molecule has 1 heterocycles. The fraction of sp³-hybridized carbons (Fsp3) is 0.429. The van der Waals surface area contributed by atoms with E-state index < -0.39 is 5.97 Å². The fourth-order valence-electron chi connectivity index (χ4n) is 2.04. The van der Waals surface area contributed by atoms with Gasteiger partial charge in [-0.3, -0.25) is 4.79 Å². The number of hydrogen-bond donors (Lipinski definition) is 1. The summed E-state index contributed by atoms with van der Waals surface area (Å²) in [5, 5.41) is 8.97. The van der Waals surface area contributed by atoms with E-state index in [1.165, 1.54) is 25.3 Å². The molecule has 0 amide bonds. The molecule has 1 aromatic carbocycles. The Labute approximate surface area is 116 Å². The molecule has 0 bridgehead atoms. The van der Waals surface area contributed by atoms with Gasteiger partial charge in [0.1, 0.15) is 17.1 Å². The highest BCUT2D eigenvalue weighted by Crippen LogP contribution is 2.26. The van der Waals surface area contributed by atoms with Crippen molar-refractivity contribution in [2.24, 2.45) is 5.92 Å². The first-order valence-electron chi connectivity index (χ1n) is 6.32. The third-order valence-electron chi connectivity index (χ3n) is 3.18. The lowest BCUT2D eigenvalue weighted by Gasteiger charge is -2.20. The second-order valence-corrected chi connectivity index (χ2v) is 4.47. The molecule has 0 aliphatic carbocycles. The number of carbonyl (C=O) groups is 2. The predicted octanol–water partition coefficient (Wildman–Crippen LogP) is 1.73. The van der Waals surface area contributed by atoms with Crippen molar-refractivity contribution in [1.29, 1.82) is 0 Å². The Hall–Kier alpha value is -2.08. The topological polar surface area (TPSA) is 82.1 Å². The lowest BCUT2D eigenvalue weighted by atomic mass is 10.0. The molecule has 1 saturated heterocycles. The molecule has 1 fully saturated rings. The molecule has 6 nitrogen and oxygen atoms in total. The molecule has 0 spiro atoms. The van der Waals surface area contributed by atoms with Crippen molar-refractivity contribution < 1.29 is 28.9 Å². The van der Waals surface area contributed by atoms with E-state index in [9.17, 15) is 9.59 Å². The Morgan fingerprint density at radius 1 is 1.30 bits per heavy atom. The summed E-state index contributed by atoms with van der Waals surface area (Å²) in [5.41, 5.74) is 0.0263. The van der Waals surface area contributed by atoms with E-state index in [0.29, 0.717) is 26.1 Å². The van der Waals surface area contributed by atoms with E-state index in [0.717, 1.165) is 0 Å². The van der Waals surface area contributed by atoms with E-state index in [2.05, 4.69) is 0 Å². The van der Waals surface area contributed by atoms with Gasteiger partial charge in [-0.1, -0.05) is 0 Å². The molecule has 2 rings (SSSR count). The second-order valence-electron chi connectivity index (χ2n) is 4.47. The zero-order chi connectivity index (χ0) is 14.5. The average Bonchev–Trinajstić information content (AvgIpc) is 2.47. The first-order valence-corrected chi connectivity index (χ1v) is 6.32. The number of carboxylic acids is 1. The third kappa shape index (κ3) is 3.27. The number of rotatable bonds is 4. The maximum absolute atomic E-state index is 12.0. The largest absolute Gasteiger partial charge is 0.496 e. The molecule has 0 aromatic heterocycles. The number of benzene rings is 1. The molecule has 6 heteroatoms. The summed E-state index contributed by atoms with van der Waals surface area (Å²) in [4.78, 5) is 22.9. The smallest absolute Gasteiger partial charge is 0.339 e. The Bertz CT molecular complexity index is 504. The summed E-state index contributed by atoms with van der Waals surface area (Å²) in [7, 11) is 1.37. The van der Waals surface area contributed by atoms with Crippen LogP contribution in [-0.2, 0) is 9.53 Å². The van der Waals surface area contributed by atoms with Crippen molar-refractivity contribution in [3.05, 3.63) is 23.8 Å². The van der Waals surface area contributed by atoms with Gasteiger partial charge in [-0.05, 0) is 25.0 Å². The molecule has 0 atom stereocenters. The first kappa shape index (κ1) is 14.3. The van der Waals surface area contributed by atoms with E-state index >= 15 is 0 Å². The van der Waals surface area contributed by atoms with Crippen LogP contribution in [0.5, 0.6) is 11.5 Å². The van der Waals surface area contributed by atoms with Gasteiger partial charge in [-0.15, -0.1) is 0 Å². The van der Waals surface area contributed by atoms with Crippen LogP contribution < -0.4 is 9.47 Å². The van der Waals surface area contributed by atoms with E-state index in [1.807, 2.05) is 0 Å². The maximum atomic E-state index is 12.0. The highest BCUT2D eigenvalue weighted by atomic mass is 16.5. The molecule has 1 N–H and O–H groups in total. The van der Waals surface area contributed by atoms with Crippen molar-refractivity contribution >= 4 is 11.9 Å². The Morgan fingerprint density at radius 2 is 2.00 bits per heavy atom. The van der Waals surface area contributed by atoms with Gasteiger partial charge in [0.05, 0.1) is 13.0 Å². The first-order chi connectivity index (χ1) is 9.61. The fourth-order valence-corrected chi connectivity index (χ4v) is 2.04. The Balaban J connectivity index is 2.09. The number of carbonyl (C=O) groups excluding carboxylic acids is 1. The highest BCUT2D eigenvalue weighted by Gasteiger charge is 2.24. The van der Waals surface area contributed by atoms with Gasteiger partial charge in [-0.2, -0.15) is 0 Å². The zero-order valence-electron chi connectivity index (χ0n) is 11.1. The minimum absolute atomic E-state index is 0.0263. The van der Waals surface area contributed by atoms with Gasteiger partial charge < -0.3 is 19.3 Å². The van der Waals surface area contributed by atoms with Crippen molar-refractivity contribution in [3.63, 3.8) is 0 Å². The summed E-state index contributed by atoms with van der Waals surface area (Å²) in [6.07, 6.45) is 1.28. The Kier molecular flexibility index (Phi) is 4.57. The van der Waals surface area contributed by atoms with Crippen LogP contribution in [-0.4, -0.2) is 37.4 Å². The lowest BCUT2D eigenvalue weighted by Crippen LogP contribution is -2.27. The molecule has 0 saturated carbocycles. The summed E-state index contributed by atoms with van der Waals surface area (Å²) in [5.74, 6) is -1.14. The number of aromatic carboxylic acids is 1. The molecule has 1 aliphatic rings. The SMILES string of the molecule is COc1cc(OC(=O)C2CCOCC2)ccc1C(=O)O. The number of hydrogen-bond acceptors (Lipinski definition) is 5. The molecular weight excluding hydrogens is 264 g/mol. The predicted molar refractivity (Wildman–Crippen MR) is 69.1 cm³/mol. The molecule has 1 aromatic rings. The molecular formula is C14H16O6. The minimum atomic E-state index is -1.09. The van der Waals surface area contributed by atoms with Crippen molar-refractivity contribution in [3.8, 4) is 11.5 Å². The summed E-state index contributed by atoms with van der Waals surface area (Å²) in [6, 6.07) is 4.21. The van der Waals surface area contributed by atoms with Crippen molar-refractivity contribution in [2.75, 3.05) is 20.3 Å². The van der Waals surface area contributed by atoms with Crippen molar-refractivity contribution in [1.82, 2.24) is 0 Å². The van der Waals surface area contributed by atoms with Crippen LogP contribution in [0, 0.1) is 5.92 Å².